The van der Waals surface area contributed by atoms with E-state index in [1.165, 1.54) is 0 Å². The highest BCUT2D eigenvalue weighted by atomic mass is 79.9. The molecule has 1 unspecified atom stereocenters. The van der Waals surface area contributed by atoms with Crippen LogP contribution in [0.4, 0.5) is 5.69 Å². The van der Waals surface area contributed by atoms with Crippen molar-refractivity contribution in [2.24, 2.45) is 0 Å². The number of aromatic amines is 1. The van der Waals surface area contributed by atoms with Crippen molar-refractivity contribution < 1.29 is 9.59 Å². The molecular weight excluding hydrogens is 418 g/mol. The maximum Gasteiger partial charge on any atom is 0.263 e. The molecule has 1 atom stereocenters. The van der Waals surface area contributed by atoms with E-state index in [2.05, 4.69) is 27.0 Å². The van der Waals surface area contributed by atoms with Crippen LogP contribution >= 0.6 is 15.9 Å². The van der Waals surface area contributed by atoms with Crippen molar-refractivity contribution in [1.29, 1.82) is 0 Å². The largest absolute Gasteiger partial charge is 0.355 e. The van der Waals surface area contributed by atoms with Crippen LogP contribution in [0.2, 0.25) is 0 Å². The average molecular weight is 438 g/mol. The Kier molecular flexibility index (Phi) is 3.72. The summed E-state index contributed by atoms with van der Waals surface area (Å²) in [5, 5.41) is 1.12. The minimum Gasteiger partial charge on any atom is -0.355 e. The summed E-state index contributed by atoms with van der Waals surface area (Å²) in [7, 11) is 1.79. The van der Waals surface area contributed by atoms with Gasteiger partial charge in [0, 0.05) is 46.6 Å². The summed E-state index contributed by atoms with van der Waals surface area (Å²) in [6.45, 7) is 2.37. The number of fused-ring (bicyclic) bond motifs is 6. The third-order valence-corrected chi connectivity index (χ3v) is 6.59. The molecule has 0 bridgehead atoms. The van der Waals surface area contributed by atoms with E-state index < -0.39 is 5.54 Å². The lowest BCUT2D eigenvalue weighted by Crippen LogP contribution is -2.58. The summed E-state index contributed by atoms with van der Waals surface area (Å²) in [5.41, 5.74) is 3.50. The Bertz CT molecular complexity index is 1150. The molecule has 3 aromatic rings. The summed E-state index contributed by atoms with van der Waals surface area (Å²) in [4.78, 5) is 33.8. The minimum atomic E-state index is -1.15. The lowest BCUT2D eigenvalue weighted by Gasteiger charge is -2.43. The molecule has 0 saturated carbocycles. The van der Waals surface area contributed by atoms with E-state index in [0.29, 0.717) is 13.0 Å². The molecule has 5 nitrogen and oxygen atoms in total. The van der Waals surface area contributed by atoms with Crippen LogP contribution in [0.5, 0.6) is 0 Å². The van der Waals surface area contributed by atoms with E-state index in [-0.39, 0.29) is 11.8 Å². The van der Waals surface area contributed by atoms with Crippen molar-refractivity contribution in [2.45, 2.75) is 25.3 Å². The standard InChI is InChI=1S/C22H20BrN3O2/c1-3-19(27)26-11-10-15-14-6-4-5-7-17(14)24-20(15)22(26)16-12-13(23)8-9-18(16)25(2)21(22)28/h4-9,12,24H,3,10-11H2,1-2H3. The molecule has 0 radical (unpaired) electrons. The van der Waals surface area contributed by atoms with Gasteiger partial charge in [-0.25, -0.2) is 0 Å². The van der Waals surface area contributed by atoms with Crippen LogP contribution in [0.1, 0.15) is 30.2 Å². The Balaban J connectivity index is 1.91. The molecular formula is C22H20BrN3O2. The number of hydrogen-bond donors (Lipinski definition) is 1. The summed E-state index contributed by atoms with van der Waals surface area (Å²) in [6.07, 6.45) is 1.09. The molecule has 1 N–H and O–H groups in total. The molecule has 6 heteroatoms. The number of amides is 2. The van der Waals surface area contributed by atoms with Gasteiger partial charge in [0.1, 0.15) is 0 Å². The highest BCUT2D eigenvalue weighted by molar-refractivity contribution is 9.10. The second kappa shape index (κ2) is 5.95. The number of nitrogens with one attached hydrogen (secondary N) is 1. The van der Waals surface area contributed by atoms with Crippen LogP contribution in [-0.2, 0) is 21.5 Å². The number of rotatable bonds is 1. The monoisotopic (exact) mass is 437 g/mol. The maximum atomic E-state index is 13.8. The Hall–Kier alpha value is -2.60. The summed E-state index contributed by atoms with van der Waals surface area (Å²) in [6, 6.07) is 14.0. The van der Waals surface area contributed by atoms with Gasteiger partial charge in [-0.3, -0.25) is 9.59 Å². The number of likely N-dealkylation sites (N-methyl/N-ethyl adjacent to an activating group) is 1. The van der Waals surface area contributed by atoms with E-state index in [4.69, 9.17) is 0 Å². The quantitative estimate of drug-likeness (QED) is 0.626. The number of carbonyl (C=O) groups is 2. The second-order valence-electron chi connectivity index (χ2n) is 7.41. The van der Waals surface area contributed by atoms with Crippen molar-refractivity contribution >= 4 is 44.3 Å². The van der Waals surface area contributed by atoms with Crippen molar-refractivity contribution in [2.75, 3.05) is 18.5 Å². The van der Waals surface area contributed by atoms with Gasteiger partial charge < -0.3 is 14.8 Å². The van der Waals surface area contributed by atoms with E-state index in [1.807, 2.05) is 43.3 Å². The summed E-state index contributed by atoms with van der Waals surface area (Å²) >= 11 is 3.56. The lowest BCUT2D eigenvalue weighted by atomic mass is 9.79. The first-order valence-electron chi connectivity index (χ1n) is 9.48. The highest BCUT2D eigenvalue weighted by Crippen LogP contribution is 2.52. The molecule has 28 heavy (non-hydrogen) atoms. The number of benzene rings is 2. The fourth-order valence-electron chi connectivity index (χ4n) is 4.86. The van der Waals surface area contributed by atoms with Gasteiger partial charge in [0.05, 0.1) is 5.69 Å². The zero-order valence-electron chi connectivity index (χ0n) is 15.8. The fraction of sp³-hybridized carbons (Fsp3) is 0.273. The molecule has 2 aromatic carbocycles. The van der Waals surface area contributed by atoms with E-state index in [1.54, 1.807) is 16.8 Å². The van der Waals surface area contributed by atoms with Gasteiger partial charge in [-0.1, -0.05) is 41.1 Å². The van der Waals surface area contributed by atoms with Crippen LogP contribution in [-0.4, -0.2) is 35.3 Å². The zero-order valence-corrected chi connectivity index (χ0v) is 17.3. The Morgan fingerprint density at radius 3 is 2.82 bits per heavy atom. The first-order valence-corrected chi connectivity index (χ1v) is 10.3. The van der Waals surface area contributed by atoms with Crippen LogP contribution in [0.3, 0.4) is 0 Å². The third-order valence-electron chi connectivity index (χ3n) is 6.09. The Labute approximate surface area is 171 Å². The van der Waals surface area contributed by atoms with Crippen LogP contribution in [0, 0.1) is 0 Å². The topological polar surface area (TPSA) is 56.4 Å². The molecule has 0 saturated heterocycles. The van der Waals surface area contributed by atoms with Gasteiger partial charge in [-0.2, -0.15) is 0 Å². The molecule has 0 fully saturated rings. The molecule has 2 aliphatic heterocycles. The smallest absolute Gasteiger partial charge is 0.263 e. The average Bonchev–Trinajstić information content (AvgIpc) is 3.18. The zero-order chi connectivity index (χ0) is 19.6. The van der Waals surface area contributed by atoms with Crippen molar-refractivity contribution in [3.8, 4) is 0 Å². The Morgan fingerprint density at radius 1 is 1.25 bits per heavy atom. The molecule has 1 spiro atoms. The van der Waals surface area contributed by atoms with Gasteiger partial charge in [0.2, 0.25) is 5.91 Å². The van der Waals surface area contributed by atoms with Crippen LogP contribution < -0.4 is 4.90 Å². The number of anilines is 1. The minimum absolute atomic E-state index is 0.0149. The second-order valence-corrected chi connectivity index (χ2v) is 8.32. The molecule has 3 heterocycles. The van der Waals surface area contributed by atoms with Gasteiger partial charge in [0.25, 0.3) is 5.91 Å². The normalized spacial score (nSPS) is 20.8. The fourth-order valence-corrected chi connectivity index (χ4v) is 5.22. The number of nitrogens with zero attached hydrogens (tertiary/aromatic N) is 2. The molecule has 2 aliphatic rings. The molecule has 1 aromatic heterocycles. The van der Waals surface area contributed by atoms with Crippen molar-refractivity contribution in [1.82, 2.24) is 9.88 Å². The van der Waals surface area contributed by atoms with Gasteiger partial charge in [0.15, 0.2) is 5.54 Å². The van der Waals surface area contributed by atoms with Gasteiger partial charge in [-0.05, 0) is 36.2 Å². The molecule has 2 amide bonds. The number of carbonyl (C=O) groups excluding carboxylic acids is 2. The third kappa shape index (κ3) is 2.01. The predicted molar refractivity (Wildman–Crippen MR) is 112 cm³/mol. The summed E-state index contributed by atoms with van der Waals surface area (Å²) < 4.78 is 0.890. The lowest BCUT2D eigenvalue weighted by molar-refractivity contribution is -0.144. The van der Waals surface area contributed by atoms with E-state index >= 15 is 0 Å². The SMILES string of the molecule is CCC(=O)N1CCc2c([nH]c3ccccc23)C12C(=O)N(C)c1ccc(Br)cc12. The highest BCUT2D eigenvalue weighted by Gasteiger charge is 2.59. The molecule has 5 rings (SSSR count). The summed E-state index contributed by atoms with van der Waals surface area (Å²) in [5.74, 6) is -0.103. The van der Waals surface area contributed by atoms with Crippen LogP contribution in [0.15, 0.2) is 46.9 Å². The first kappa shape index (κ1) is 17.5. The van der Waals surface area contributed by atoms with E-state index in [0.717, 1.165) is 44.3 Å². The van der Waals surface area contributed by atoms with Gasteiger partial charge in [-0.15, -0.1) is 0 Å². The number of para-hydroxylation sites is 1. The van der Waals surface area contributed by atoms with Crippen molar-refractivity contribution in [3.63, 3.8) is 0 Å². The first-order chi connectivity index (χ1) is 13.5. The van der Waals surface area contributed by atoms with Crippen LogP contribution in [0.25, 0.3) is 10.9 Å². The molecule has 0 aliphatic carbocycles. The Morgan fingerprint density at radius 2 is 2.04 bits per heavy atom. The maximum absolute atomic E-state index is 13.8. The van der Waals surface area contributed by atoms with E-state index in [9.17, 15) is 9.59 Å². The van der Waals surface area contributed by atoms with Gasteiger partial charge >= 0.3 is 0 Å². The number of hydrogen-bond acceptors (Lipinski definition) is 2. The number of halogens is 1. The van der Waals surface area contributed by atoms with Crippen molar-refractivity contribution in [3.05, 3.63) is 63.8 Å². The molecule has 142 valence electrons. The predicted octanol–water partition coefficient (Wildman–Crippen LogP) is 3.95. The number of H-pyrrole nitrogens is 1. The number of aromatic nitrogens is 1.